The van der Waals surface area contributed by atoms with Gasteiger partial charge in [-0.1, -0.05) is 17.7 Å². The van der Waals surface area contributed by atoms with Gasteiger partial charge in [-0.2, -0.15) is 0 Å². The van der Waals surface area contributed by atoms with Gasteiger partial charge in [-0.3, -0.25) is 0 Å². The lowest BCUT2D eigenvalue weighted by Gasteiger charge is -2.07. The van der Waals surface area contributed by atoms with E-state index in [0.29, 0.717) is 12.4 Å². The van der Waals surface area contributed by atoms with E-state index in [4.69, 9.17) is 17.3 Å². The summed E-state index contributed by atoms with van der Waals surface area (Å²) in [6.45, 7) is 0.715. The third-order valence-corrected chi connectivity index (χ3v) is 2.59. The van der Waals surface area contributed by atoms with Gasteiger partial charge in [-0.15, -0.1) is 0 Å². The minimum absolute atomic E-state index is 0.141. The number of nitrogens with one attached hydrogen (secondary N) is 1. The zero-order chi connectivity index (χ0) is 10.1. The smallest absolute Gasteiger partial charge is 0.142 e. The Morgan fingerprint density at radius 3 is 2.86 bits per heavy atom. The Bertz CT molecular complexity index is 390. The molecule has 1 atom stereocenters. The lowest BCUT2D eigenvalue weighted by Crippen LogP contribution is -2.15. The molecule has 0 unspecified atom stereocenters. The van der Waals surface area contributed by atoms with Crippen LogP contribution in [-0.4, -0.2) is 6.54 Å². The van der Waals surface area contributed by atoms with Crippen LogP contribution in [0.3, 0.4) is 0 Å². The fraction of sp³-hybridized carbons (Fsp3) is 0.200. The highest BCUT2D eigenvalue weighted by molar-refractivity contribution is 6.30. The number of benzene rings is 1. The molecule has 1 aromatic rings. The Hall–Kier alpha value is -1.22. The average Bonchev–Trinajstić information content (AvgIpc) is 2.57. The Morgan fingerprint density at radius 2 is 2.29 bits per heavy atom. The van der Waals surface area contributed by atoms with Gasteiger partial charge in [0.2, 0.25) is 0 Å². The predicted molar refractivity (Wildman–Crippen MR) is 54.4 cm³/mol. The van der Waals surface area contributed by atoms with Crippen molar-refractivity contribution in [2.24, 2.45) is 5.73 Å². The maximum Gasteiger partial charge on any atom is 0.142 e. The molecule has 74 valence electrons. The maximum atomic E-state index is 13.1. The molecule has 3 N–H and O–H groups in total. The summed E-state index contributed by atoms with van der Waals surface area (Å²) in [4.78, 5) is 0. The van der Waals surface area contributed by atoms with Gasteiger partial charge >= 0.3 is 0 Å². The fourth-order valence-electron chi connectivity index (χ4n) is 1.52. The van der Waals surface area contributed by atoms with Gasteiger partial charge in [0, 0.05) is 12.5 Å². The zero-order valence-corrected chi connectivity index (χ0v) is 8.18. The Labute approximate surface area is 86.6 Å². The number of halogens is 2. The molecule has 0 aliphatic carbocycles. The zero-order valence-electron chi connectivity index (χ0n) is 7.43. The van der Waals surface area contributed by atoms with E-state index in [1.54, 1.807) is 6.07 Å². The molecule has 0 saturated carbocycles. The second-order valence-electron chi connectivity index (χ2n) is 3.28. The molecule has 1 aliphatic heterocycles. The van der Waals surface area contributed by atoms with E-state index in [1.165, 1.54) is 6.07 Å². The molecule has 2 rings (SSSR count). The van der Waals surface area contributed by atoms with Gasteiger partial charge in [-0.25, -0.2) is 4.39 Å². The molecule has 0 aromatic heterocycles. The van der Waals surface area contributed by atoms with E-state index in [1.807, 2.05) is 12.1 Å². The molecular formula is C10H10ClFN2. The first kappa shape index (κ1) is 9.34. The maximum absolute atomic E-state index is 13.1. The molecule has 1 aromatic carbocycles. The van der Waals surface area contributed by atoms with E-state index in [9.17, 15) is 4.39 Å². The van der Waals surface area contributed by atoms with E-state index >= 15 is 0 Å². The van der Waals surface area contributed by atoms with E-state index in [-0.39, 0.29) is 16.8 Å². The third kappa shape index (κ3) is 1.68. The first-order chi connectivity index (χ1) is 6.66. The fourth-order valence-corrected chi connectivity index (χ4v) is 1.64. The number of hydrogen-bond donors (Lipinski definition) is 2. The standard InChI is InChI=1S/C10H10ClFN2/c11-8-2-1-6(3-9(8)12)7-4-10(13)14-5-7/h1-4,7,14H,5,13H2/t7-/m1/s1. The predicted octanol–water partition coefficient (Wildman–Crippen LogP) is 1.97. The molecule has 2 nitrogen and oxygen atoms in total. The van der Waals surface area contributed by atoms with Crippen LogP contribution in [0.1, 0.15) is 11.5 Å². The van der Waals surface area contributed by atoms with Crippen LogP contribution >= 0.6 is 11.6 Å². The topological polar surface area (TPSA) is 38.0 Å². The van der Waals surface area contributed by atoms with Crippen LogP contribution in [0, 0.1) is 5.82 Å². The highest BCUT2D eigenvalue weighted by Gasteiger charge is 2.16. The molecular weight excluding hydrogens is 203 g/mol. The summed E-state index contributed by atoms with van der Waals surface area (Å²) in [5.41, 5.74) is 6.45. The van der Waals surface area contributed by atoms with Gasteiger partial charge < -0.3 is 11.1 Å². The van der Waals surface area contributed by atoms with Crippen LogP contribution in [0.25, 0.3) is 0 Å². The molecule has 0 spiro atoms. The molecule has 0 amide bonds. The molecule has 1 aliphatic rings. The highest BCUT2D eigenvalue weighted by Crippen LogP contribution is 2.24. The van der Waals surface area contributed by atoms with E-state index in [0.717, 1.165) is 5.56 Å². The van der Waals surface area contributed by atoms with Crippen molar-refractivity contribution in [2.45, 2.75) is 5.92 Å². The SMILES string of the molecule is NC1=C[C@@H](c2ccc(Cl)c(F)c2)CN1. The quantitative estimate of drug-likeness (QED) is 0.747. The monoisotopic (exact) mass is 212 g/mol. The highest BCUT2D eigenvalue weighted by atomic mass is 35.5. The normalized spacial score (nSPS) is 20.4. The van der Waals surface area contributed by atoms with Crippen LogP contribution in [0.15, 0.2) is 30.1 Å². The van der Waals surface area contributed by atoms with Crippen LogP contribution in [0.4, 0.5) is 4.39 Å². The summed E-state index contributed by atoms with van der Waals surface area (Å²) in [5.74, 6) is 0.398. The van der Waals surface area contributed by atoms with Gasteiger partial charge in [0.05, 0.1) is 10.8 Å². The molecule has 0 saturated heterocycles. The van der Waals surface area contributed by atoms with Crippen molar-refractivity contribution in [3.05, 3.63) is 46.5 Å². The molecule has 0 radical (unpaired) electrons. The average molecular weight is 213 g/mol. The number of nitrogens with two attached hydrogens (primary N) is 1. The molecule has 4 heteroatoms. The van der Waals surface area contributed by atoms with E-state index < -0.39 is 0 Å². The number of rotatable bonds is 1. The molecule has 14 heavy (non-hydrogen) atoms. The summed E-state index contributed by atoms with van der Waals surface area (Å²) in [6.07, 6.45) is 1.88. The van der Waals surface area contributed by atoms with Crippen LogP contribution in [0.2, 0.25) is 5.02 Å². The van der Waals surface area contributed by atoms with Gasteiger partial charge in [0.1, 0.15) is 5.82 Å². The van der Waals surface area contributed by atoms with Crippen molar-refractivity contribution in [3.8, 4) is 0 Å². The van der Waals surface area contributed by atoms with Crippen LogP contribution < -0.4 is 11.1 Å². The minimum atomic E-state index is -0.386. The van der Waals surface area contributed by atoms with Crippen molar-refractivity contribution in [1.82, 2.24) is 5.32 Å². The van der Waals surface area contributed by atoms with Crippen molar-refractivity contribution >= 4 is 11.6 Å². The Morgan fingerprint density at radius 1 is 1.50 bits per heavy atom. The van der Waals surface area contributed by atoms with Crippen LogP contribution in [-0.2, 0) is 0 Å². The summed E-state index contributed by atoms with van der Waals surface area (Å²) < 4.78 is 13.1. The third-order valence-electron chi connectivity index (χ3n) is 2.28. The number of hydrogen-bond acceptors (Lipinski definition) is 2. The van der Waals surface area contributed by atoms with Gasteiger partial charge in [-0.05, 0) is 23.8 Å². The second kappa shape index (κ2) is 3.50. The molecule has 0 fully saturated rings. The minimum Gasteiger partial charge on any atom is -0.386 e. The summed E-state index contributed by atoms with van der Waals surface area (Å²) >= 11 is 5.59. The Balaban J connectivity index is 2.29. The van der Waals surface area contributed by atoms with Crippen molar-refractivity contribution in [1.29, 1.82) is 0 Å². The van der Waals surface area contributed by atoms with Gasteiger partial charge in [0.15, 0.2) is 0 Å². The first-order valence-electron chi connectivity index (χ1n) is 4.33. The summed E-state index contributed by atoms with van der Waals surface area (Å²) in [6, 6.07) is 4.82. The largest absolute Gasteiger partial charge is 0.386 e. The first-order valence-corrected chi connectivity index (χ1v) is 4.71. The van der Waals surface area contributed by atoms with Crippen LogP contribution in [0.5, 0.6) is 0 Å². The van der Waals surface area contributed by atoms with Crippen molar-refractivity contribution in [3.63, 3.8) is 0 Å². The summed E-state index contributed by atoms with van der Waals surface area (Å²) in [5, 5.41) is 3.14. The molecule has 0 bridgehead atoms. The van der Waals surface area contributed by atoms with E-state index in [2.05, 4.69) is 5.32 Å². The van der Waals surface area contributed by atoms with Gasteiger partial charge in [0.25, 0.3) is 0 Å². The second-order valence-corrected chi connectivity index (χ2v) is 3.69. The Kier molecular flexibility index (Phi) is 2.33. The lowest BCUT2D eigenvalue weighted by atomic mass is 10.0. The lowest BCUT2D eigenvalue weighted by molar-refractivity contribution is 0.624. The summed E-state index contributed by atoms with van der Waals surface area (Å²) in [7, 11) is 0. The molecule has 1 heterocycles. The van der Waals surface area contributed by atoms with Crippen molar-refractivity contribution < 1.29 is 4.39 Å². The van der Waals surface area contributed by atoms with Crippen molar-refractivity contribution in [2.75, 3.05) is 6.54 Å².